The van der Waals surface area contributed by atoms with E-state index in [0.717, 1.165) is 5.01 Å². The second-order valence-electron chi connectivity index (χ2n) is 5.67. The van der Waals surface area contributed by atoms with Crippen LogP contribution < -0.4 is 10.2 Å². The molecule has 1 aromatic carbocycles. The molecule has 1 aliphatic rings. The lowest BCUT2D eigenvalue weighted by Gasteiger charge is -2.29. The average Bonchev–Trinajstić information content (AvgIpc) is 2.62. The van der Waals surface area contributed by atoms with Crippen molar-refractivity contribution in [1.29, 1.82) is 0 Å². The Kier molecular flexibility index (Phi) is 3.88. The molecule has 116 valence electrons. The number of alkyl halides is 3. The van der Waals surface area contributed by atoms with Crippen molar-refractivity contribution in [3.8, 4) is 5.75 Å². The van der Waals surface area contributed by atoms with Gasteiger partial charge in [-0.15, -0.1) is 0 Å². The van der Waals surface area contributed by atoms with Crippen LogP contribution in [-0.2, 0) is 4.79 Å². The first-order valence-electron chi connectivity index (χ1n) is 6.43. The van der Waals surface area contributed by atoms with Gasteiger partial charge >= 0.3 is 6.18 Å². The van der Waals surface area contributed by atoms with Gasteiger partial charge in [0, 0.05) is 6.54 Å². The molecule has 1 atom stereocenters. The number of halogens is 3. The predicted octanol–water partition coefficient (Wildman–Crippen LogP) is 2.67. The number of hydrogen-bond acceptors (Lipinski definition) is 3. The quantitative estimate of drug-likeness (QED) is 0.933. The van der Waals surface area contributed by atoms with Crippen molar-refractivity contribution in [3.05, 3.63) is 29.8 Å². The number of rotatable bonds is 3. The van der Waals surface area contributed by atoms with E-state index in [1.165, 1.54) is 31.4 Å². The van der Waals surface area contributed by atoms with Crippen LogP contribution in [0.3, 0.4) is 0 Å². The van der Waals surface area contributed by atoms with E-state index in [2.05, 4.69) is 5.43 Å². The van der Waals surface area contributed by atoms with E-state index in [1.807, 2.05) is 0 Å². The van der Waals surface area contributed by atoms with Gasteiger partial charge in [0.2, 0.25) is 5.91 Å². The number of methoxy groups -OCH3 is 1. The topological polar surface area (TPSA) is 41.6 Å². The Morgan fingerprint density at radius 2 is 1.86 bits per heavy atom. The second kappa shape index (κ2) is 5.22. The van der Waals surface area contributed by atoms with Gasteiger partial charge in [-0.05, 0) is 31.5 Å². The molecule has 1 fully saturated rings. The van der Waals surface area contributed by atoms with E-state index in [1.54, 1.807) is 13.8 Å². The number of hydrogen-bond donors (Lipinski definition) is 1. The molecule has 1 heterocycles. The lowest BCUT2D eigenvalue weighted by atomic mass is 9.93. The van der Waals surface area contributed by atoms with Crippen molar-refractivity contribution in [3.63, 3.8) is 0 Å². The molecule has 0 bridgehead atoms. The summed E-state index contributed by atoms with van der Waals surface area (Å²) in [6, 6.07) is 3.77. The Bertz CT molecular complexity index is 526. The zero-order chi connectivity index (χ0) is 15.8. The van der Waals surface area contributed by atoms with Crippen LogP contribution in [0, 0.1) is 5.41 Å². The number of benzene rings is 1. The van der Waals surface area contributed by atoms with Gasteiger partial charge < -0.3 is 4.74 Å². The van der Waals surface area contributed by atoms with E-state index in [0.29, 0.717) is 5.75 Å². The first-order chi connectivity index (χ1) is 9.65. The van der Waals surface area contributed by atoms with Gasteiger partial charge in [0.15, 0.2) is 0 Å². The zero-order valence-corrected chi connectivity index (χ0v) is 12.0. The normalized spacial score (nSPS) is 20.2. The minimum absolute atomic E-state index is 0.0119. The lowest BCUT2D eigenvalue weighted by molar-refractivity contribution is -0.191. The highest BCUT2D eigenvalue weighted by molar-refractivity contribution is 5.83. The standard InChI is InChI=1S/C14H17F3N2O2/c1-13(2)8-19(18-12(13)20)11(14(15,16)17)9-4-6-10(21-3)7-5-9/h4-7,11H,8H2,1-3H3,(H,18,20). The molecule has 1 N–H and O–H groups in total. The van der Waals surface area contributed by atoms with E-state index in [-0.39, 0.29) is 12.1 Å². The van der Waals surface area contributed by atoms with Crippen LogP contribution in [0.25, 0.3) is 0 Å². The first-order valence-corrected chi connectivity index (χ1v) is 6.43. The zero-order valence-electron chi connectivity index (χ0n) is 12.0. The second-order valence-corrected chi connectivity index (χ2v) is 5.67. The third-order valence-corrected chi connectivity index (χ3v) is 3.48. The fraction of sp³-hybridized carbons (Fsp3) is 0.500. The van der Waals surface area contributed by atoms with Crippen LogP contribution >= 0.6 is 0 Å². The van der Waals surface area contributed by atoms with Crippen LogP contribution in [-0.4, -0.2) is 30.7 Å². The molecule has 1 unspecified atom stereocenters. The lowest BCUT2D eigenvalue weighted by Crippen LogP contribution is -2.43. The molecule has 21 heavy (non-hydrogen) atoms. The van der Waals surface area contributed by atoms with E-state index < -0.39 is 23.5 Å². The van der Waals surface area contributed by atoms with Crippen LogP contribution in [0.15, 0.2) is 24.3 Å². The molecule has 0 saturated carbocycles. The minimum Gasteiger partial charge on any atom is -0.497 e. The Morgan fingerprint density at radius 3 is 2.24 bits per heavy atom. The summed E-state index contributed by atoms with van der Waals surface area (Å²) in [6.45, 7) is 3.22. The molecule has 0 spiro atoms. The molecule has 4 nitrogen and oxygen atoms in total. The summed E-state index contributed by atoms with van der Waals surface area (Å²) in [7, 11) is 1.44. The average molecular weight is 302 g/mol. The van der Waals surface area contributed by atoms with Gasteiger partial charge in [-0.3, -0.25) is 10.2 Å². The third kappa shape index (κ3) is 3.12. The number of carbonyl (C=O) groups excluding carboxylic acids is 1. The monoisotopic (exact) mass is 302 g/mol. The molecule has 7 heteroatoms. The van der Waals surface area contributed by atoms with Crippen LogP contribution in [0.2, 0.25) is 0 Å². The van der Waals surface area contributed by atoms with Crippen LogP contribution in [0.4, 0.5) is 13.2 Å². The molecule has 1 aromatic rings. The van der Waals surface area contributed by atoms with Crippen LogP contribution in [0.5, 0.6) is 5.75 Å². The molecule has 0 radical (unpaired) electrons. The molecular weight excluding hydrogens is 285 g/mol. The Morgan fingerprint density at radius 1 is 1.29 bits per heavy atom. The fourth-order valence-electron chi connectivity index (χ4n) is 2.31. The number of carbonyl (C=O) groups is 1. The molecule has 0 aliphatic carbocycles. The van der Waals surface area contributed by atoms with Gasteiger partial charge in [-0.25, -0.2) is 5.01 Å². The van der Waals surface area contributed by atoms with E-state index >= 15 is 0 Å². The minimum atomic E-state index is -4.50. The largest absolute Gasteiger partial charge is 0.497 e. The van der Waals surface area contributed by atoms with Crippen LogP contribution in [0.1, 0.15) is 25.5 Å². The summed E-state index contributed by atoms with van der Waals surface area (Å²) >= 11 is 0. The van der Waals surface area contributed by atoms with Gasteiger partial charge in [-0.1, -0.05) is 12.1 Å². The summed E-state index contributed by atoms with van der Waals surface area (Å²) in [6.07, 6.45) is -4.50. The van der Waals surface area contributed by atoms with Gasteiger partial charge in [0.1, 0.15) is 11.8 Å². The number of amides is 1. The smallest absolute Gasteiger partial charge is 0.409 e. The molecule has 2 rings (SSSR count). The highest BCUT2D eigenvalue weighted by atomic mass is 19.4. The van der Waals surface area contributed by atoms with Gasteiger partial charge in [0.25, 0.3) is 0 Å². The Labute approximate surface area is 120 Å². The van der Waals surface area contributed by atoms with Crippen molar-refractivity contribution < 1.29 is 22.7 Å². The predicted molar refractivity (Wildman–Crippen MR) is 70.4 cm³/mol. The summed E-state index contributed by atoms with van der Waals surface area (Å²) in [5.41, 5.74) is 1.53. The van der Waals surface area contributed by atoms with Crippen molar-refractivity contribution in [2.75, 3.05) is 13.7 Å². The maximum atomic E-state index is 13.4. The van der Waals surface area contributed by atoms with Crippen molar-refractivity contribution >= 4 is 5.91 Å². The fourth-order valence-corrected chi connectivity index (χ4v) is 2.31. The SMILES string of the molecule is COc1ccc(C(N2CC(C)(C)C(=O)N2)C(F)(F)F)cc1. The number of nitrogens with zero attached hydrogens (tertiary/aromatic N) is 1. The van der Waals surface area contributed by atoms with Crippen molar-refractivity contribution in [2.45, 2.75) is 26.1 Å². The number of nitrogens with one attached hydrogen (secondary N) is 1. The molecular formula is C14H17F3N2O2. The molecule has 1 aliphatic heterocycles. The molecule has 1 saturated heterocycles. The van der Waals surface area contributed by atoms with Crippen molar-refractivity contribution in [2.24, 2.45) is 5.41 Å². The first kappa shape index (κ1) is 15.6. The van der Waals surface area contributed by atoms with Gasteiger partial charge in [0.05, 0.1) is 12.5 Å². The highest BCUT2D eigenvalue weighted by Crippen LogP contribution is 2.40. The van der Waals surface area contributed by atoms with Gasteiger partial charge in [-0.2, -0.15) is 13.2 Å². The number of hydrazine groups is 1. The summed E-state index contributed by atoms with van der Waals surface area (Å²) in [4.78, 5) is 11.7. The maximum absolute atomic E-state index is 13.4. The molecule has 0 aromatic heterocycles. The molecule has 1 amide bonds. The number of ether oxygens (including phenoxy) is 1. The highest BCUT2D eigenvalue weighted by Gasteiger charge is 2.51. The summed E-state index contributed by atoms with van der Waals surface area (Å²) < 4.78 is 45.1. The van der Waals surface area contributed by atoms with E-state index in [4.69, 9.17) is 4.74 Å². The maximum Gasteiger partial charge on any atom is 0.409 e. The summed E-state index contributed by atoms with van der Waals surface area (Å²) in [5, 5.41) is 0.949. The Balaban J connectivity index is 2.34. The Hall–Kier alpha value is -1.76. The summed E-state index contributed by atoms with van der Waals surface area (Å²) in [5.74, 6) is 0.0655. The van der Waals surface area contributed by atoms with E-state index in [9.17, 15) is 18.0 Å². The van der Waals surface area contributed by atoms with Crippen molar-refractivity contribution in [1.82, 2.24) is 10.4 Å². The third-order valence-electron chi connectivity index (χ3n) is 3.48.